The Morgan fingerprint density at radius 2 is 2.14 bits per heavy atom. The Bertz CT molecular complexity index is 557. The predicted octanol–water partition coefficient (Wildman–Crippen LogP) is 3.18. The van der Waals surface area contributed by atoms with Crippen molar-refractivity contribution in [2.75, 3.05) is 29.9 Å². The lowest BCUT2D eigenvalue weighted by Gasteiger charge is -2.25. The van der Waals surface area contributed by atoms with E-state index in [0.29, 0.717) is 0 Å². The molecule has 1 aliphatic carbocycles. The van der Waals surface area contributed by atoms with Crippen molar-refractivity contribution in [3.63, 3.8) is 0 Å². The van der Waals surface area contributed by atoms with E-state index in [4.69, 9.17) is 11.6 Å². The molecule has 1 saturated carbocycles. The second-order valence-electron chi connectivity index (χ2n) is 5.85. The van der Waals surface area contributed by atoms with Crippen LogP contribution in [0.25, 0.3) is 0 Å². The molecule has 5 heteroatoms. The number of likely N-dealkylation sites (N-methyl/N-ethyl adjacent to an activating group) is 1. The molecule has 4 nitrogen and oxygen atoms in total. The number of hydrogen-bond donors (Lipinski definition) is 2. The van der Waals surface area contributed by atoms with Crippen molar-refractivity contribution < 1.29 is 4.79 Å². The van der Waals surface area contributed by atoms with Gasteiger partial charge in [0.15, 0.2) is 0 Å². The molecular weight excluding hydrogens is 286 g/mol. The number of nitrogens with zero attached hydrogens (tertiary/aromatic N) is 1. The quantitative estimate of drug-likeness (QED) is 0.848. The van der Waals surface area contributed by atoms with Gasteiger partial charge in [0, 0.05) is 24.3 Å². The Balaban J connectivity index is 1.90. The summed E-state index contributed by atoms with van der Waals surface area (Å²) in [5.74, 6) is 0.809. The van der Waals surface area contributed by atoms with E-state index in [1.54, 1.807) is 0 Å². The highest BCUT2D eigenvalue weighted by Gasteiger charge is 2.32. The number of halogens is 1. The van der Waals surface area contributed by atoms with Gasteiger partial charge in [-0.25, -0.2) is 0 Å². The number of carbonyl (C=O) groups excluding carboxylic acids is 1. The summed E-state index contributed by atoms with van der Waals surface area (Å²) in [4.78, 5) is 14.4. The Morgan fingerprint density at radius 1 is 1.38 bits per heavy atom. The standard InChI is InChI=1S/C16H22ClN3O/c1-3-18-15-11-7-12(17)14(8-13(11)19-16(15)21)20(4-2)9-10-5-6-10/h7-8,10,15,18H,3-6,9H2,1-2H3,(H,19,21). The van der Waals surface area contributed by atoms with Crippen molar-refractivity contribution >= 4 is 28.9 Å². The topological polar surface area (TPSA) is 44.4 Å². The van der Waals surface area contributed by atoms with E-state index >= 15 is 0 Å². The first kappa shape index (κ1) is 14.7. The van der Waals surface area contributed by atoms with Crippen molar-refractivity contribution in [2.24, 2.45) is 5.92 Å². The fourth-order valence-corrected chi connectivity index (χ4v) is 3.22. The van der Waals surface area contributed by atoms with Crippen LogP contribution >= 0.6 is 11.6 Å². The average molecular weight is 308 g/mol. The lowest BCUT2D eigenvalue weighted by molar-refractivity contribution is -0.117. The first-order chi connectivity index (χ1) is 10.1. The monoisotopic (exact) mass is 307 g/mol. The van der Waals surface area contributed by atoms with Crippen LogP contribution in [0.3, 0.4) is 0 Å². The highest BCUT2D eigenvalue weighted by molar-refractivity contribution is 6.33. The van der Waals surface area contributed by atoms with Crippen LogP contribution in [0.5, 0.6) is 0 Å². The molecule has 1 fully saturated rings. The molecule has 2 N–H and O–H groups in total. The summed E-state index contributed by atoms with van der Waals surface area (Å²) in [5.41, 5.74) is 2.87. The van der Waals surface area contributed by atoms with E-state index in [1.807, 2.05) is 19.1 Å². The highest BCUT2D eigenvalue weighted by atomic mass is 35.5. The van der Waals surface area contributed by atoms with Crippen molar-refractivity contribution in [3.05, 3.63) is 22.7 Å². The van der Waals surface area contributed by atoms with Crippen molar-refractivity contribution in [3.8, 4) is 0 Å². The summed E-state index contributed by atoms with van der Waals surface area (Å²) < 4.78 is 0. The normalized spacial score (nSPS) is 20.3. The van der Waals surface area contributed by atoms with Gasteiger partial charge in [-0.1, -0.05) is 18.5 Å². The number of nitrogens with one attached hydrogen (secondary N) is 2. The van der Waals surface area contributed by atoms with Crippen molar-refractivity contribution in [2.45, 2.75) is 32.7 Å². The lowest BCUT2D eigenvalue weighted by Crippen LogP contribution is -2.27. The number of fused-ring (bicyclic) bond motifs is 1. The van der Waals surface area contributed by atoms with Gasteiger partial charge >= 0.3 is 0 Å². The maximum absolute atomic E-state index is 12.0. The Morgan fingerprint density at radius 3 is 2.76 bits per heavy atom. The summed E-state index contributed by atoms with van der Waals surface area (Å²) in [7, 11) is 0. The number of hydrogen-bond acceptors (Lipinski definition) is 3. The molecule has 21 heavy (non-hydrogen) atoms. The summed E-state index contributed by atoms with van der Waals surface area (Å²) in [6.45, 7) is 6.88. The highest BCUT2D eigenvalue weighted by Crippen LogP contribution is 2.40. The molecule has 0 aromatic heterocycles. The van der Waals surface area contributed by atoms with Crippen molar-refractivity contribution in [1.29, 1.82) is 0 Å². The number of carbonyl (C=O) groups is 1. The van der Waals surface area contributed by atoms with Gasteiger partial charge < -0.3 is 15.5 Å². The third kappa shape index (κ3) is 2.87. The van der Waals surface area contributed by atoms with Crippen LogP contribution in [0, 0.1) is 5.92 Å². The molecule has 0 radical (unpaired) electrons. The summed E-state index contributed by atoms with van der Waals surface area (Å²) in [6.07, 6.45) is 2.64. The summed E-state index contributed by atoms with van der Waals surface area (Å²) in [6, 6.07) is 3.68. The minimum Gasteiger partial charge on any atom is -0.370 e. The van der Waals surface area contributed by atoms with Crippen LogP contribution in [-0.2, 0) is 4.79 Å². The maximum atomic E-state index is 12.0. The van der Waals surface area contributed by atoms with Crippen molar-refractivity contribution in [1.82, 2.24) is 5.32 Å². The molecule has 0 saturated heterocycles. The van der Waals surface area contributed by atoms with Gasteiger partial charge in [-0.2, -0.15) is 0 Å². The second-order valence-corrected chi connectivity index (χ2v) is 6.26. The van der Waals surface area contributed by atoms with Gasteiger partial charge in [-0.3, -0.25) is 4.79 Å². The van der Waals surface area contributed by atoms with E-state index in [0.717, 1.165) is 47.5 Å². The fraction of sp³-hybridized carbons (Fsp3) is 0.562. The molecule has 1 aromatic carbocycles. The Hall–Kier alpha value is -1.26. The molecule has 1 heterocycles. The van der Waals surface area contributed by atoms with E-state index in [1.165, 1.54) is 12.8 Å². The third-order valence-electron chi connectivity index (χ3n) is 4.26. The second kappa shape index (κ2) is 5.85. The first-order valence-corrected chi connectivity index (χ1v) is 8.14. The number of anilines is 2. The molecular formula is C16H22ClN3O. The lowest BCUT2D eigenvalue weighted by atomic mass is 10.1. The van der Waals surface area contributed by atoms with Gasteiger partial charge in [0.2, 0.25) is 5.91 Å². The van der Waals surface area contributed by atoms with Gasteiger partial charge in [0.25, 0.3) is 0 Å². The molecule has 1 amide bonds. The van der Waals surface area contributed by atoms with Crippen LogP contribution in [-0.4, -0.2) is 25.5 Å². The molecule has 0 bridgehead atoms. The number of amides is 1. The predicted molar refractivity (Wildman–Crippen MR) is 87.1 cm³/mol. The van der Waals surface area contributed by atoms with E-state index < -0.39 is 0 Å². The van der Waals surface area contributed by atoms with Crippen LogP contribution in [0.15, 0.2) is 12.1 Å². The fourth-order valence-electron chi connectivity index (χ4n) is 2.93. The molecule has 114 valence electrons. The van der Waals surface area contributed by atoms with Crippen LogP contribution in [0.4, 0.5) is 11.4 Å². The third-order valence-corrected chi connectivity index (χ3v) is 4.56. The Kier molecular flexibility index (Phi) is 4.09. The minimum atomic E-state index is -0.282. The number of rotatable bonds is 6. The molecule has 1 unspecified atom stereocenters. The molecule has 1 aliphatic heterocycles. The molecule has 3 rings (SSSR count). The Labute approximate surface area is 130 Å². The SMILES string of the molecule is CCNC1C(=O)Nc2cc(N(CC)CC3CC3)c(Cl)cc21. The molecule has 1 aromatic rings. The molecule has 2 aliphatic rings. The van der Waals surface area contributed by atoms with Crippen LogP contribution < -0.4 is 15.5 Å². The van der Waals surface area contributed by atoms with E-state index in [2.05, 4.69) is 22.5 Å². The van der Waals surface area contributed by atoms with Crippen LogP contribution in [0.2, 0.25) is 5.02 Å². The zero-order chi connectivity index (χ0) is 15.0. The van der Waals surface area contributed by atoms with E-state index in [9.17, 15) is 4.79 Å². The minimum absolute atomic E-state index is 0.00491. The molecule has 0 spiro atoms. The van der Waals surface area contributed by atoms with Gasteiger partial charge in [-0.15, -0.1) is 0 Å². The average Bonchev–Trinajstić information content (AvgIpc) is 3.23. The number of benzene rings is 1. The van der Waals surface area contributed by atoms with Gasteiger partial charge in [0.05, 0.1) is 10.7 Å². The molecule has 1 atom stereocenters. The summed E-state index contributed by atoms with van der Waals surface area (Å²) in [5, 5.41) is 6.89. The maximum Gasteiger partial charge on any atom is 0.246 e. The van der Waals surface area contributed by atoms with E-state index in [-0.39, 0.29) is 11.9 Å². The zero-order valence-electron chi connectivity index (χ0n) is 12.6. The van der Waals surface area contributed by atoms with Crippen LogP contribution in [0.1, 0.15) is 38.3 Å². The summed E-state index contributed by atoms with van der Waals surface area (Å²) >= 11 is 6.49. The first-order valence-electron chi connectivity index (χ1n) is 7.76. The smallest absolute Gasteiger partial charge is 0.246 e. The van der Waals surface area contributed by atoms with Gasteiger partial charge in [0.1, 0.15) is 6.04 Å². The zero-order valence-corrected chi connectivity index (χ0v) is 13.3. The largest absolute Gasteiger partial charge is 0.370 e. The van der Waals surface area contributed by atoms with Gasteiger partial charge in [-0.05, 0) is 44.4 Å².